The van der Waals surface area contributed by atoms with E-state index in [4.69, 9.17) is 16.0 Å². The summed E-state index contributed by atoms with van der Waals surface area (Å²) in [6.07, 6.45) is 2.29. The Bertz CT molecular complexity index is 857. The smallest absolute Gasteiger partial charge is 0.243 e. The molecule has 2 aromatic rings. The number of benzene rings is 1. The Labute approximate surface area is 159 Å². The first-order valence-corrected chi connectivity index (χ1v) is 10.5. The van der Waals surface area contributed by atoms with Gasteiger partial charge in [0.15, 0.2) is 0 Å². The van der Waals surface area contributed by atoms with Crippen molar-refractivity contribution in [1.29, 1.82) is 0 Å². The normalized spacial score (nSPS) is 19.6. The van der Waals surface area contributed by atoms with Crippen molar-refractivity contribution >= 4 is 21.6 Å². The molecule has 1 aromatic carbocycles. The van der Waals surface area contributed by atoms with Gasteiger partial charge in [-0.15, -0.1) is 10.2 Å². The third-order valence-corrected chi connectivity index (χ3v) is 6.48. The molecule has 0 N–H and O–H groups in total. The molecule has 0 amide bonds. The SMILES string of the molecule is CC(C)(C)Cc1nnc([C@@H]2CCCN(S(=O)(=O)c3ccc(Cl)cc3)C2)o1. The second-order valence-corrected chi connectivity index (χ2v) is 10.3. The number of aromatic nitrogens is 2. The highest BCUT2D eigenvalue weighted by atomic mass is 35.5. The zero-order valence-corrected chi connectivity index (χ0v) is 16.8. The van der Waals surface area contributed by atoms with Crippen molar-refractivity contribution < 1.29 is 12.8 Å². The van der Waals surface area contributed by atoms with Gasteiger partial charge in [-0.3, -0.25) is 0 Å². The second-order valence-electron chi connectivity index (χ2n) is 7.93. The van der Waals surface area contributed by atoms with Gasteiger partial charge in [0.2, 0.25) is 21.8 Å². The van der Waals surface area contributed by atoms with Crippen molar-refractivity contribution in [3.05, 3.63) is 41.1 Å². The summed E-state index contributed by atoms with van der Waals surface area (Å²) in [4.78, 5) is 0.251. The van der Waals surface area contributed by atoms with Crippen molar-refractivity contribution in [1.82, 2.24) is 14.5 Å². The molecule has 0 radical (unpaired) electrons. The number of rotatable bonds is 4. The molecular formula is C18H24ClN3O3S. The Balaban J connectivity index is 1.76. The predicted octanol–water partition coefficient (Wildman–Crippen LogP) is 3.88. The van der Waals surface area contributed by atoms with Crippen LogP contribution in [0.1, 0.15) is 51.3 Å². The summed E-state index contributed by atoms with van der Waals surface area (Å²) >= 11 is 5.86. The van der Waals surface area contributed by atoms with E-state index in [0.717, 1.165) is 12.8 Å². The molecule has 0 saturated carbocycles. The molecular weight excluding hydrogens is 374 g/mol. The molecule has 142 valence electrons. The maximum absolute atomic E-state index is 12.9. The van der Waals surface area contributed by atoms with Crippen LogP contribution in [0.2, 0.25) is 5.02 Å². The Hall–Kier alpha value is -1.44. The van der Waals surface area contributed by atoms with E-state index in [1.165, 1.54) is 16.4 Å². The maximum Gasteiger partial charge on any atom is 0.243 e. The molecule has 0 spiro atoms. The maximum atomic E-state index is 12.9. The molecule has 8 heteroatoms. The van der Waals surface area contributed by atoms with Gasteiger partial charge < -0.3 is 4.42 Å². The van der Waals surface area contributed by atoms with Crippen molar-refractivity contribution in [3.8, 4) is 0 Å². The largest absolute Gasteiger partial charge is 0.425 e. The lowest BCUT2D eigenvalue weighted by atomic mass is 9.92. The number of nitrogens with zero attached hydrogens (tertiary/aromatic N) is 3. The molecule has 0 unspecified atom stereocenters. The van der Waals surface area contributed by atoms with Gasteiger partial charge in [0, 0.05) is 24.5 Å². The highest BCUT2D eigenvalue weighted by Crippen LogP contribution is 2.31. The van der Waals surface area contributed by atoms with Gasteiger partial charge in [0.05, 0.1) is 10.8 Å². The molecule has 26 heavy (non-hydrogen) atoms. The zero-order chi connectivity index (χ0) is 18.9. The second kappa shape index (κ2) is 7.29. The van der Waals surface area contributed by atoms with Crippen molar-refractivity contribution in [3.63, 3.8) is 0 Å². The van der Waals surface area contributed by atoms with E-state index in [1.807, 2.05) is 0 Å². The van der Waals surface area contributed by atoms with E-state index >= 15 is 0 Å². The number of piperidine rings is 1. The molecule has 6 nitrogen and oxygen atoms in total. The quantitative estimate of drug-likeness (QED) is 0.782. The molecule has 0 bridgehead atoms. The minimum absolute atomic E-state index is 0.0559. The summed E-state index contributed by atoms with van der Waals surface area (Å²) in [6, 6.07) is 6.25. The first kappa shape index (κ1) is 19.3. The van der Waals surface area contributed by atoms with E-state index < -0.39 is 10.0 Å². The first-order valence-electron chi connectivity index (χ1n) is 8.73. The van der Waals surface area contributed by atoms with Crippen LogP contribution < -0.4 is 0 Å². The highest BCUT2D eigenvalue weighted by molar-refractivity contribution is 7.89. The van der Waals surface area contributed by atoms with Crippen LogP contribution in [-0.4, -0.2) is 36.0 Å². The lowest BCUT2D eigenvalue weighted by Gasteiger charge is -2.30. The molecule has 1 aliphatic heterocycles. The number of hydrogen-bond acceptors (Lipinski definition) is 5. The molecule has 1 atom stereocenters. The van der Waals surface area contributed by atoms with E-state index in [-0.39, 0.29) is 16.2 Å². The zero-order valence-electron chi connectivity index (χ0n) is 15.3. The van der Waals surface area contributed by atoms with Gasteiger partial charge in [0.1, 0.15) is 0 Å². The summed E-state index contributed by atoms with van der Waals surface area (Å²) in [6.45, 7) is 7.17. The van der Waals surface area contributed by atoms with Gasteiger partial charge >= 0.3 is 0 Å². The number of hydrogen-bond donors (Lipinski definition) is 0. The molecule has 1 aromatic heterocycles. The fourth-order valence-electron chi connectivity index (χ4n) is 3.07. The van der Waals surface area contributed by atoms with Gasteiger partial charge in [-0.05, 0) is 42.5 Å². The molecule has 0 aliphatic carbocycles. The lowest BCUT2D eigenvalue weighted by molar-refractivity contribution is 0.274. The molecule has 1 saturated heterocycles. The lowest BCUT2D eigenvalue weighted by Crippen LogP contribution is -2.39. The van der Waals surface area contributed by atoms with Crippen LogP contribution in [0, 0.1) is 5.41 Å². The number of sulfonamides is 1. The Morgan fingerprint density at radius 1 is 1.23 bits per heavy atom. The van der Waals surface area contributed by atoms with Crippen molar-refractivity contribution in [2.24, 2.45) is 5.41 Å². The Morgan fingerprint density at radius 3 is 2.58 bits per heavy atom. The van der Waals surface area contributed by atoms with Crippen LogP contribution in [0.3, 0.4) is 0 Å². The minimum atomic E-state index is -3.56. The molecule has 1 aliphatic rings. The van der Waals surface area contributed by atoms with Crippen LogP contribution in [0.4, 0.5) is 0 Å². The summed E-state index contributed by atoms with van der Waals surface area (Å²) in [7, 11) is -3.56. The monoisotopic (exact) mass is 397 g/mol. The summed E-state index contributed by atoms with van der Waals surface area (Å²) < 4.78 is 33.1. The van der Waals surface area contributed by atoms with Crippen LogP contribution in [0.5, 0.6) is 0 Å². The highest BCUT2D eigenvalue weighted by Gasteiger charge is 2.33. The summed E-state index contributed by atoms with van der Waals surface area (Å²) in [5, 5.41) is 8.81. The van der Waals surface area contributed by atoms with Gasteiger partial charge in [0.25, 0.3) is 0 Å². The van der Waals surface area contributed by atoms with Gasteiger partial charge in [-0.2, -0.15) is 4.31 Å². The minimum Gasteiger partial charge on any atom is -0.425 e. The van der Waals surface area contributed by atoms with Crippen LogP contribution in [0.15, 0.2) is 33.6 Å². The van der Waals surface area contributed by atoms with Crippen LogP contribution in [-0.2, 0) is 16.4 Å². The van der Waals surface area contributed by atoms with Crippen LogP contribution >= 0.6 is 11.6 Å². The Kier molecular flexibility index (Phi) is 5.42. The standard InChI is InChI=1S/C18H24ClN3O3S/c1-18(2,3)11-16-20-21-17(25-16)13-5-4-10-22(12-13)26(23,24)15-8-6-14(19)7-9-15/h6-9,13H,4-5,10-12H2,1-3H3/t13-/m1/s1. The van der Waals surface area contributed by atoms with Crippen molar-refractivity contribution in [2.45, 2.75) is 50.8 Å². The fourth-order valence-corrected chi connectivity index (χ4v) is 4.72. The van der Waals surface area contributed by atoms with E-state index in [1.54, 1.807) is 12.1 Å². The fraction of sp³-hybridized carbons (Fsp3) is 0.556. The first-order chi connectivity index (χ1) is 12.1. The van der Waals surface area contributed by atoms with E-state index in [9.17, 15) is 8.42 Å². The average molecular weight is 398 g/mol. The van der Waals surface area contributed by atoms with Gasteiger partial charge in [-0.25, -0.2) is 8.42 Å². The summed E-state index contributed by atoms with van der Waals surface area (Å²) in [5.41, 5.74) is 0.0559. The van der Waals surface area contributed by atoms with Crippen molar-refractivity contribution in [2.75, 3.05) is 13.1 Å². The Morgan fingerprint density at radius 2 is 1.92 bits per heavy atom. The van der Waals surface area contributed by atoms with Crippen LogP contribution in [0.25, 0.3) is 0 Å². The third-order valence-electron chi connectivity index (χ3n) is 4.35. The average Bonchev–Trinajstić information content (AvgIpc) is 3.02. The van der Waals surface area contributed by atoms with Gasteiger partial charge in [-0.1, -0.05) is 32.4 Å². The molecule has 2 heterocycles. The van der Waals surface area contributed by atoms with E-state index in [0.29, 0.717) is 36.3 Å². The molecule has 3 rings (SSSR count). The predicted molar refractivity (Wildman–Crippen MR) is 99.6 cm³/mol. The summed E-state index contributed by atoms with van der Waals surface area (Å²) in [5.74, 6) is 1.05. The molecule has 1 fully saturated rings. The van der Waals surface area contributed by atoms with E-state index in [2.05, 4.69) is 31.0 Å². The number of halogens is 1. The topological polar surface area (TPSA) is 76.3 Å². The third kappa shape index (κ3) is 4.45.